The van der Waals surface area contributed by atoms with Gasteiger partial charge in [0.1, 0.15) is 5.75 Å². The molecule has 0 aliphatic carbocycles. The quantitative estimate of drug-likeness (QED) is 0.850. The lowest BCUT2D eigenvalue weighted by Crippen LogP contribution is -2.01. The number of halogens is 2. The highest BCUT2D eigenvalue weighted by Gasteiger charge is 1.98. The number of rotatable bonds is 4. The summed E-state index contributed by atoms with van der Waals surface area (Å²) in [6.45, 7) is 3.19. The molecular weight excluding hydrogens is 309 g/mol. The molecule has 3 nitrogen and oxygen atoms in total. The molecule has 21 heavy (non-hydrogen) atoms. The maximum Gasteiger partial charge on any atom is 0.151 e. The van der Waals surface area contributed by atoms with Gasteiger partial charge in [0.25, 0.3) is 0 Å². The predicted octanol–water partition coefficient (Wildman–Crippen LogP) is 4.35. The summed E-state index contributed by atoms with van der Waals surface area (Å²) in [4.78, 5) is 10.2. The molecule has 0 aliphatic heterocycles. The lowest BCUT2D eigenvalue weighted by atomic mass is 10.2. The highest BCUT2D eigenvalue weighted by Crippen LogP contribution is 2.19. The lowest BCUT2D eigenvalue weighted by molar-refractivity contribution is 0.112. The molecule has 0 radical (unpaired) electrons. The number of aldehydes is 1. The van der Waals surface area contributed by atoms with Crippen molar-refractivity contribution < 1.29 is 9.53 Å². The molecule has 0 unspecified atom stereocenters. The predicted molar refractivity (Wildman–Crippen MR) is 87.4 cm³/mol. The average molecular weight is 326 g/mol. The Balaban J connectivity index is 0.000000211. The molecule has 112 valence electrons. The van der Waals surface area contributed by atoms with Gasteiger partial charge in [0, 0.05) is 22.7 Å². The van der Waals surface area contributed by atoms with Crippen molar-refractivity contribution in [3.05, 3.63) is 63.6 Å². The fourth-order valence-electron chi connectivity index (χ4n) is 1.57. The summed E-state index contributed by atoms with van der Waals surface area (Å²) in [5.41, 5.74) is 7.03. The first-order chi connectivity index (χ1) is 10.1. The van der Waals surface area contributed by atoms with Crippen molar-refractivity contribution in [3.63, 3.8) is 0 Å². The van der Waals surface area contributed by atoms with Crippen LogP contribution >= 0.6 is 23.2 Å². The van der Waals surface area contributed by atoms with Crippen LogP contribution in [0.5, 0.6) is 5.75 Å². The number of hydrogen-bond acceptors (Lipinski definition) is 3. The van der Waals surface area contributed by atoms with E-state index in [0.717, 1.165) is 11.3 Å². The van der Waals surface area contributed by atoms with E-state index in [1.807, 2.05) is 31.2 Å². The molecule has 0 heterocycles. The Bertz CT molecular complexity index is 588. The molecule has 5 heteroatoms. The second-order valence-electron chi connectivity index (χ2n) is 4.03. The van der Waals surface area contributed by atoms with Gasteiger partial charge in [-0.1, -0.05) is 41.4 Å². The number of carbonyl (C=O) groups excluding carboxylic acids is 1. The van der Waals surface area contributed by atoms with Crippen LogP contribution in [0.4, 0.5) is 0 Å². The first-order valence-corrected chi connectivity index (χ1v) is 7.19. The average Bonchev–Trinajstić information content (AvgIpc) is 2.49. The molecule has 2 aromatic rings. The van der Waals surface area contributed by atoms with Crippen molar-refractivity contribution in [2.45, 2.75) is 13.5 Å². The molecule has 0 fully saturated rings. The molecule has 0 aliphatic rings. The SMILES string of the molecule is CCOc1ccccc1CN.O=Cc1ccc(Cl)cc1Cl. The molecule has 2 N–H and O–H groups in total. The fourth-order valence-corrected chi connectivity index (χ4v) is 2.02. The standard InChI is InChI=1S/C9H13NO.C7H4Cl2O/c1-2-11-9-6-4-3-5-8(9)7-10;8-6-2-1-5(4-10)7(9)3-6/h3-6H,2,7,10H2,1H3;1-4H. The fraction of sp³-hybridized carbons (Fsp3) is 0.188. The zero-order chi connectivity index (χ0) is 15.7. The van der Waals surface area contributed by atoms with E-state index in [0.29, 0.717) is 35.0 Å². The van der Waals surface area contributed by atoms with E-state index in [9.17, 15) is 4.79 Å². The largest absolute Gasteiger partial charge is 0.494 e. The van der Waals surface area contributed by atoms with Gasteiger partial charge in [0.2, 0.25) is 0 Å². The highest BCUT2D eigenvalue weighted by molar-refractivity contribution is 6.36. The van der Waals surface area contributed by atoms with Crippen molar-refractivity contribution in [1.82, 2.24) is 0 Å². The first kappa shape index (κ1) is 17.5. The van der Waals surface area contributed by atoms with Gasteiger partial charge in [-0.15, -0.1) is 0 Å². The summed E-state index contributed by atoms with van der Waals surface area (Å²) in [6, 6.07) is 12.6. The van der Waals surface area contributed by atoms with Gasteiger partial charge in [0.15, 0.2) is 6.29 Å². The van der Waals surface area contributed by atoms with Gasteiger partial charge >= 0.3 is 0 Å². The van der Waals surface area contributed by atoms with Crippen LogP contribution in [-0.4, -0.2) is 12.9 Å². The molecule has 0 saturated carbocycles. The van der Waals surface area contributed by atoms with E-state index < -0.39 is 0 Å². The number of nitrogens with two attached hydrogens (primary N) is 1. The van der Waals surface area contributed by atoms with Gasteiger partial charge in [-0.05, 0) is 31.2 Å². The minimum atomic E-state index is 0.391. The molecule has 0 amide bonds. The summed E-state index contributed by atoms with van der Waals surface area (Å²) in [5, 5.41) is 0.929. The Morgan fingerprint density at radius 3 is 2.48 bits per heavy atom. The van der Waals surface area contributed by atoms with E-state index in [1.54, 1.807) is 12.1 Å². The Morgan fingerprint density at radius 2 is 1.90 bits per heavy atom. The maximum absolute atomic E-state index is 10.2. The lowest BCUT2D eigenvalue weighted by Gasteiger charge is -2.06. The highest BCUT2D eigenvalue weighted by atomic mass is 35.5. The number of carbonyl (C=O) groups is 1. The number of para-hydroxylation sites is 1. The van der Waals surface area contributed by atoms with Gasteiger partial charge in [-0.3, -0.25) is 4.79 Å². The van der Waals surface area contributed by atoms with E-state index >= 15 is 0 Å². The van der Waals surface area contributed by atoms with Gasteiger partial charge < -0.3 is 10.5 Å². The molecular formula is C16H17Cl2NO2. The first-order valence-electron chi connectivity index (χ1n) is 6.43. The minimum absolute atomic E-state index is 0.391. The minimum Gasteiger partial charge on any atom is -0.494 e. The van der Waals surface area contributed by atoms with E-state index in [-0.39, 0.29) is 0 Å². The number of hydrogen-bond donors (Lipinski definition) is 1. The Kier molecular flexibility index (Phi) is 7.83. The second kappa shape index (κ2) is 9.40. The molecule has 0 aromatic heterocycles. The Hall–Kier alpha value is -1.55. The Labute approximate surface area is 134 Å². The van der Waals surface area contributed by atoms with E-state index in [1.165, 1.54) is 6.07 Å². The topological polar surface area (TPSA) is 52.3 Å². The van der Waals surface area contributed by atoms with Crippen LogP contribution in [0.1, 0.15) is 22.8 Å². The zero-order valence-corrected chi connectivity index (χ0v) is 13.2. The Morgan fingerprint density at radius 1 is 1.19 bits per heavy atom. The van der Waals surface area contributed by atoms with Crippen molar-refractivity contribution in [2.75, 3.05) is 6.61 Å². The van der Waals surface area contributed by atoms with Crippen LogP contribution in [-0.2, 0) is 6.54 Å². The van der Waals surface area contributed by atoms with Crippen LogP contribution < -0.4 is 10.5 Å². The summed E-state index contributed by atoms with van der Waals surface area (Å²) in [6.07, 6.45) is 0.693. The van der Waals surface area contributed by atoms with Gasteiger partial charge in [0.05, 0.1) is 11.6 Å². The molecule has 0 saturated heterocycles. The van der Waals surface area contributed by atoms with Crippen LogP contribution in [0.2, 0.25) is 10.0 Å². The monoisotopic (exact) mass is 325 g/mol. The molecule has 0 bridgehead atoms. The van der Waals surface area contributed by atoms with Crippen LogP contribution in [0.15, 0.2) is 42.5 Å². The van der Waals surface area contributed by atoms with Crippen LogP contribution in [0.25, 0.3) is 0 Å². The maximum atomic E-state index is 10.2. The summed E-state index contributed by atoms with van der Waals surface area (Å²) < 4.78 is 5.35. The smallest absolute Gasteiger partial charge is 0.151 e. The third-order valence-electron chi connectivity index (χ3n) is 2.58. The normalized spacial score (nSPS) is 9.52. The summed E-state index contributed by atoms with van der Waals surface area (Å²) in [7, 11) is 0. The molecule has 2 aromatic carbocycles. The zero-order valence-electron chi connectivity index (χ0n) is 11.7. The van der Waals surface area contributed by atoms with Crippen LogP contribution in [0, 0.1) is 0 Å². The van der Waals surface area contributed by atoms with Gasteiger partial charge in [-0.2, -0.15) is 0 Å². The van der Waals surface area contributed by atoms with Crippen molar-refractivity contribution >= 4 is 29.5 Å². The van der Waals surface area contributed by atoms with Crippen LogP contribution in [0.3, 0.4) is 0 Å². The molecule has 2 rings (SSSR count). The third kappa shape index (κ3) is 5.76. The summed E-state index contributed by atoms with van der Waals surface area (Å²) in [5.74, 6) is 0.900. The van der Waals surface area contributed by atoms with E-state index in [4.69, 9.17) is 33.7 Å². The van der Waals surface area contributed by atoms with Gasteiger partial charge in [-0.25, -0.2) is 0 Å². The van der Waals surface area contributed by atoms with Crippen molar-refractivity contribution in [1.29, 1.82) is 0 Å². The third-order valence-corrected chi connectivity index (χ3v) is 3.14. The number of benzene rings is 2. The summed E-state index contributed by atoms with van der Waals surface area (Å²) >= 11 is 11.2. The van der Waals surface area contributed by atoms with E-state index in [2.05, 4.69) is 0 Å². The second-order valence-corrected chi connectivity index (χ2v) is 4.87. The molecule has 0 spiro atoms. The molecule has 0 atom stereocenters. The van der Waals surface area contributed by atoms with Crippen molar-refractivity contribution in [3.8, 4) is 5.75 Å². The number of ether oxygens (including phenoxy) is 1. The van der Waals surface area contributed by atoms with Crippen molar-refractivity contribution in [2.24, 2.45) is 5.73 Å².